The van der Waals surface area contributed by atoms with E-state index in [-0.39, 0.29) is 18.6 Å². The van der Waals surface area contributed by atoms with E-state index in [0.29, 0.717) is 6.61 Å². The monoisotopic (exact) mass is 251 g/mol. The van der Waals surface area contributed by atoms with E-state index >= 15 is 0 Å². The minimum Gasteiger partial charge on any atom is -0.484 e. The van der Waals surface area contributed by atoms with Crippen molar-refractivity contribution in [2.75, 3.05) is 20.3 Å². The van der Waals surface area contributed by atoms with Crippen molar-refractivity contribution < 1.29 is 14.3 Å². The molecule has 0 saturated heterocycles. The molecule has 1 atom stereocenters. The summed E-state index contributed by atoms with van der Waals surface area (Å²) in [4.78, 5) is 11.6. The largest absolute Gasteiger partial charge is 0.484 e. The van der Waals surface area contributed by atoms with E-state index in [2.05, 4.69) is 11.4 Å². The molecule has 0 saturated carbocycles. The van der Waals surface area contributed by atoms with Gasteiger partial charge in [-0.15, -0.1) is 0 Å². The van der Waals surface area contributed by atoms with E-state index < -0.39 is 0 Å². The van der Waals surface area contributed by atoms with Crippen LogP contribution in [0.5, 0.6) is 5.75 Å². The minimum absolute atomic E-state index is 0.00894. The number of carbonyl (C=O) groups excluding carboxylic acids is 1. The number of nitrogens with one attached hydrogen (secondary N) is 1. The Morgan fingerprint density at radius 3 is 2.44 bits per heavy atom. The Morgan fingerprint density at radius 1 is 1.28 bits per heavy atom. The molecule has 1 N–H and O–H groups in total. The molecule has 0 heterocycles. The first-order chi connectivity index (χ1) is 8.51. The Labute approximate surface area is 108 Å². The Morgan fingerprint density at radius 2 is 1.89 bits per heavy atom. The maximum absolute atomic E-state index is 11.6. The Kier molecular flexibility index (Phi) is 5.65. The van der Waals surface area contributed by atoms with Crippen molar-refractivity contribution in [3.8, 4) is 5.75 Å². The van der Waals surface area contributed by atoms with E-state index in [9.17, 15) is 4.79 Å². The van der Waals surface area contributed by atoms with Crippen LogP contribution in [0.15, 0.2) is 18.2 Å². The SMILES string of the molecule is COC[C@H](C)NC(=O)COc1cc(C)cc(C)c1. The lowest BCUT2D eigenvalue weighted by molar-refractivity contribution is -0.124. The predicted molar refractivity (Wildman–Crippen MR) is 70.9 cm³/mol. The Bertz CT molecular complexity index is 384. The van der Waals surface area contributed by atoms with Gasteiger partial charge >= 0.3 is 0 Å². The zero-order valence-electron chi connectivity index (χ0n) is 11.4. The van der Waals surface area contributed by atoms with Crippen LogP contribution in [0, 0.1) is 13.8 Å². The molecule has 18 heavy (non-hydrogen) atoms. The van der Waals surface area contributed by atoms with Crippen molar-refractivity contribution in [1.29, 1.82) is 0 Å². The molecular weight excluding hydrogens is 230 g/mol. The first-order valence-electron chi connectivity index (χ1n) is 6.00. The molecule has 0 spiro atoms. The van der Waals surface area contributed by atoms with Crippen LogP contribution in [-0.2, 0) is 9.53 Å². The van der Waals surface area contributed by atoms with Gasteiger partial charge in [-0.1, -0.05) is 6.07 Å². The maximum atomic E-state index is 11.6. The van der Waals surface area contributed by atoms with Gasteiger partial charge in [0.2, 0.25) is 0 Å². The normalized spacial score (nSPS) is 12.0. The summed E-state index contributed by atoms with van der Waals surface area (Å²) in [5.41, 5.74) is 2.25. The number of amides is 1. The number of aryl methyl sites for hydroxylation is 2. The molecule has 0 fully saturated rings. The molecule has 1 aromatic carbocycles. The summed E-state index contributed by atoms with van der Waals surface area (Å²) < 4.78 is 10.4. The van der Waals surface area contributed by atoms with Crippen LogP contribution in [0.4, 0.5) is 0 Å². The second kappa shape index (κ2) is 7.01. The van der Waals surface area contributed by atoms with Gasteiger partial charge in [-0.3, -0.25) is 4.79 Å². The smallest absolute Gasteiger partial charge is 0.258 e. The highest BCUT2D eigenvalue weighted by Gasteiger charge is 2.07. The molecule has 0 radical (unpaired) electrons. The van der Waals surface area contributed by atoms with Crippen molar-refractivity contribution in [2.24, 2.45) is 0 Å². The van der Waals surface area contributed by atoms with E-state index in [1.54, 1.807) is 7.11 Å². The van der Waals surface area contributed by atoms with E-state index in [0.717, 1.165) is 16.9 Å². The quantitative estimate of drug-likeness (QED) is 0.839. The highest BCUT2D eigenvalue weighted by molar-refractivity contribution is 5.77. The summed E-state index contributed by atoms with van der Waals surface area (Å²) in [7, 11) is 1.61. The topological polar surface area (TPSA) is 47.6 Å². The maximum Gasteiger partial charge on any atom is 0.258 e. The van der Waals surface area contributed by atoms with Crippen molar-refractivity contribution in [2.45, 2.75) is 26.8 Å². The first kappa shape index (κ1) is 14.5. The van der Waals surface area contributed by atoms with Gasteiger partial charge in [0.15, 0.2) is 6.61 Å². The third-order valence-electron chi connectivity index (χ3n) is 2.39. The fourth-order valence-corrected chi connectivity index (χ4v) is 1.77. The molecular formula is C14H21NO3. The average Bonchev–Trinajstić information content (AvgIpc) is 2.25. The molecule has 1 rings (SSSR count). The van der Waals surface area contributed by atoms with Gasteiger partial charge in [-0.05, 0) is 44.0 Å². The Balaban J connectivity index is 2.42. The summed E-state index contributed by atoms with van der Waals surface area (Å²) in [5.74, 6) is 0.584. The lowest BCUT2D eigenvalue weighted by Gasteiger charge is -2.13. The van der Waals surface area contributed by atoms with E-state index in [4.69, 9.17) is 9.47 Å². The van der Waals surface area contributed by atoms with Gasteiger partial charge in [-0.2, -0.15) is 0 Å². The van der Waals surface area contributed by atoms with Crippen LogP contribution in [0.1, 0.15) is 18.1 Å². The summed E-state index contributed by atoms with van der Waals surface area (Å²) >= 11 is 0. The molecule has 0 aromatic heterocycles. The van der Waals surface area contributed by atoms with Crippen LogP contribution >= 0.6 is 0 Å². The molecule has 0 aliphatic rings. The molecule has 0 unspecified atom stereocenters. The second-order valence-corrected chi connectivity index (χ2v) is 4.54. The van der Waals surface area contributed by atoms with Crippen LogP contribution < -0.4 is 10.1 Å². The first-order valence-corrected chi connectivity index (χ1v) is 6.00. The van der Waals surface area contributed by atoms with Gasteiger partial charge in [0.1, 0.15) is 5.75 Å². The number of hydrogen-bond acceptors (Lipinski definition) is 3. The van der Waals surface area contributed by atoms with Gasteiger partial charge < -0.3 is 14.8 Å². The standard InChI is InChI=1S/C14H21NO3/c1-10-5-11(2)7-13(6-10)18-9-14(16)15-12(3)8-17-4/h5-7,12H,8-9H2,1-4H3,(H,15,16)/t12-/m0/s1. The van der Waals surface area contributed by atoms with Crippen molar-refractivity contribution in [3.63, 3.8) is 0 Å². The van der Waals surface area contributed by atoms with E-state index in [1.165, 1.54) is 0 Å². The number of rotatable bonds is 6. The van der Waals surface area contributed by atoms with Crippen molar-refractivity contribution in [1.82, 2.24) is 5.32 Å². The molecule has 0 bridgehead atoms. The van der Waals surface area contributed by atoms with E-state index in [1.807, 2.05) is 32.9 Å². The summed E-state index contributed by atoms with van der Waals surface area (Å²) in [6.07, 6.45) is 0. The number of benzene rings is 1. The van der Waals surface area contributed by atoms with Gasteiger partial charge in [0.25, 0.3) is 5.91 Å². The lowest BCUT2D eigenvalue weighted by Crippen LogP contribution is -2.38. The third kappa shape index (κ3) is 5.19. The molecule has 0 aliphatic heterocycles. The second-order valence-electron chi connectivity index (χ2n) is 4.54. The fraction of sp³-hybridized carbons (Fsp3) is 0.500. The Hall–Kier alpha value is -1.55. The van der Waals surface area contributed by atoms with Crippen LogP contribution in [0.2, 0.25) is 0 Å². The fourth-order valence-electron chi connectivity index (χ4n) is 1.77. The van der Waals surface area contributed by atoms with Crippen LogP contribution in [-0.4, -0.2) is 32.3 Å². The molecule has 100 valence electrons. The summed E-state index contributed by atoms with van der Waals surface area (Å²) in [5, 5.41) is 2.79. The molecule has 4 heteroatoms. The number of carbonyl (C=O) groups is 1. The van der Waals surface area contributed by atoms with Crippen LogP contribution in [0.25, 0.3) is 0 Å². The van der Waals surface area contributed by atoms with Crippen LogP contribution in [0.3, 0.4) is 0 Å². The average molecular weight is 251 g/mol. The number of ether oxygens (including phenoxy) is 2. The zero-order chi connectivity index (χ0) is 13.5. The zero-order valence-corrected chi connectivity index (χ0v) is 11.4. The van der Waals surface area contributed by atoms with Gasteiger partial charge in [0, 0.05) is 13.2 Å². The van der Waals surface area contributed by atoms with Crippen molar-refractivity contribution in [3.05, 3.63) is 29.3 Å². The number of hydrogen-bond donors (Lipinski definition) is 1. The van der Waals surface area contributed by atoms with Gasteiger partial charge in [-0.25, -0.2) is 0 Å². The minimum atomic E-state index is -0.140. The summed E-state index contributed by atoms with van der Waals surface area (Å²) in [6, 6.07) is 5.89. The third-order valence-corrected chi connectivity index (χ3v) is 2.39. The van der Waals surface area contributed by atoms with Gasteiger partial charge in [0.05, 0.1) is 6.61 Å². The lowest BCUT2D eigenvalue weighted by atomic mass is 10.1. The highest BCUT2D eigenvalue weighted by Crippen LogP contribution is 2.15. The molecule has 1 aromatic rings. The summed E-state index contributed by atoms with van der Waals surface area (Å²) in [6.45, 7) is 6.41. The van der Waals surface area contributed by atoms with Crippen molar-refractivity contribution >= 4 is 5.91 Å². The molecule has 4 nitrogen and oxygen atoms in total. The number of methoxy groups -OCH3 is 1. The molecule has 0 aliphatic carbocycles. The highest BCUT2D eigenvalue weighted by atomic mass is 16.5. The molecule has 1 amide bonds. The predicted octanol–water partition coefficient (Wildman–Crippen LogP) is 1.83.